The lowest BCUT2D eigenvalue weighted by molar-refractivity contribution is -0.117. The van der Waals surface area contributed by atoms with E-state index in [1.165, 1.54) is 16.7 Å². The Morgan fingerprint density at radius 2 is 1.59 bits per heavy atom. The number of nitrogens with zero attached hydrogens (tertiary/aromatic N) is 3. The summed E-state index contributed by atoms with van der Waals surface area (Å²) in [6, 6.07) is 25.6. The third-order valence-corrected chi connectivity index (χ3v) is 6.99. The van der Waals surface area contributed by atoms with Crippen LogP contribution in [0.2, 0.25) is 0 Å². The molecule has 174 valence electrons. The quantitative estimate of drug-likeness (QED) is 0.349. The van der Waals surface area contributed by atoms with Crippen LogP contribution in [-0.4, -0.2) is 22.0 Å². The van der Waals surface area contributed by atoms with Crippen molar-refractivity contribution in [2.75, 3.05) is 11.4 Å². The summed E-state index contributed by atoms with van der Waals surface area (Å²) < 4.78 is 2.31. The van der Waals surface area contributed by atoms with E-state index in [0.717, 1.165) is 35.5 Å². The topological polar surface area (TPSA) is 38.1 Å². The predicted octanol–water partition coefficient (Wildman–Crippen LogP) is 6.47. The Morgan fingerprint density at radius 1 is 0.912 bits per heavy atom. The fourth-order valence-corrected chi connectivity index (χ4v) is 4.91. The number of hydrogen-bond acceptors (Lipinski definition) is 2. The number of fused-ring (bicyclic) bond motifs is 1. The number of anilines is 1. The maximum Gasteiger partial charge on any atom is 0.227 e. The first-order valence-electron chi connectivity index (χ1n) is 12.3. The Kier molecular flexibility index (Phi) is 5.76. The molecule has 0 aliphatic carbocycles. The standard InChI is InChI=1S/C30H33N3O/c1-5-21-12-16-25(17-13-21)32-20-23(18-28(32)34)29-31-26-8-6-7-9-27(26)33(29)19-22-10-14-24(15-11-22)30(2,3)4/h6-17,23H,5,18-20H2,1-4H3. The molecule has 4 nitrogen and oxygen atoms in total. The molecule has 0 saturated carbocycles. The molecule has 1 atom stereocenters. The molecule has 1 fully saturated rings. The summed E-state index contributed by atoms with van der Waals surface area (Å²) in [5, 5.41) is 0. The van der Waals surface area contributed by atoms with Gasteiger partial charge in [0.25, 0.3) is 0 Å². The normalized spacial score (nSPS) is 16.5. The molecule has 2 heterocycles. The van der Waals surface area contributed by atoms with Crippen LogP contribution in [0.15, 0.2) is 72.8 Å². The third-order valence-electron chi connectivity index (χ3n) is 6.99. The van der Waals surface area contributed by atoms with Crippen molar-refractivity contribution in [3.8, 4) is 0 Å². The Bertz CT molecular complexity index is 1310. The third kappa shape index (κ3) is 4.25. The highest BCUT2D eigenvalue weighted by atomic mass is 16.2. The van der Waals surface area contributed by atoms with E-state index in [2.05, 4.69) is 99.0 Å². The number of rotatable bonds is 5. The number of benzene rings is 3. The van der Waals surface area contributed by atoms with Gasteiger partial charge < -0.3 is 9.47 Å². The lowest BCUT2D eigenvalue weighted by Gasteiger charge is -2.20. The summed E-state index contributed by atoms with van der Waals surface area (Å²) in [6.45, 7) is 10.3. The fourth-order valence-electron chi connectivity index (χ4n) is 4.91. The van der Waals surface area contributed by atoms with Crippen LogP contribution in [0.1, 0.15) is 62.5 Å². The molecule has 1 saturated heterocycles. The van der Waals surface area contributed by atoms with Crippen molar-refractivity contribution < 1.29 is 4.79 Å². The van der Waals surface area contributed by atoms with Gasteiger partial charge in [0, 0.05) is 31.1 Å². The SMILES string of the molecule is CCc1ccc(N2CC(c3nc4ccccc4n3Cc3ccc(C(C)(C)C)cc3)CC2=O)cc1. The molecule has 0 spiro atoms. The molecule has 5 rings (SSSR count). The van der Waals surface area contributed by atoms with Gasteiger partial charge in [-0.25, -0.2) is 4.98 Å². The average molecular weight is 452 g/mol. The summed E-state index contributed by atoms with van der Waals surface area (Å²) in [4.78, 5) is 20.0. The summed E-state index contributed by atoms with van der Waals surface area (Å²) in [5.41, 5.74) is 7.08. The molecule has 1 aromatic heterocycles. The van der Waals surface area contributed by atoms with Crippen molar-refractivity contribution in [2.24, 2.45) is 0 Å². The van der Waals surface area contributed by atoms with Gasteiger partial charge in [0.2, 0.25) is 5.91 Å². The predicted molar refractivity (Wildman–Crippen MR) is 140 cm³/mol. The first kappa shape index (κ1) is 22.4. The van der Waals surface area contributed by atoms with E-state index < -0.39 is 0 Å². The van der Waals surface area contributed by atoms with E-state index in [-0.39, 0.29) is 17.2 Å². The minimum absolute atomic E-state index is 0.0691. The van der Waals surface area contributed by atoms with Gasteiger partial charge in [0.1, 0.15) is 5.82 Å². The molecular weight excluding hydrogens is 418 g/mol. The molecule has 4 heteroatoms. The van der Waals surface area contributed by atoms with Gasteiger partial charge in [-0.05, 0) is 52.8 Å². The van der Waals surface area contributed by atoms with Crippen LogP contribution >= 0.6 is 0 Å². The average Bonchev–Trinajstić information content (AvgIpc) is 3.39. The lowest BCUT2D eigenvalue weighted by atomic mass is 9.87. The minimum atomic E-state index is 0.0691. The number of para-hydroxylation sites is 2. The van der Waals surface area contributed by atoms with E-state index in [1.807, 2.05) is 11.0 Å². The number of amides is 1. The summed E-state index contributed by atoms with van der Waals surface area (Å²) in [7, 11) is 0. The monoisotopic (exact) mass is 451 g/mol. The molecule has 0 N–H and O–H groups in total. The fraction of sp³-hybridized carbons (Fsp3) is 0.333. The smallest absolute Gasteiger partial charge is 0.227 e. The zero-order chi connectivity index (χ0) is 23.9. The number of carbonyl (C=O) groups is 1. The minimum Gasteiger partial charge on any atom is -0.323 e. The van der Waals surface area contributed by atoms with Crippen molar-refractivity contribution in [1.82, 2.24) is 9.55 Å². The van der Waals surface area contributed by atoms with Gasteiger partial charge in [-0.2, -0.15) is 0 Å². The highest BCUT2D eigenvalue weighted by molar-refractivity contribution is 5.96. The van der Waals surface area contributed by atoms with Gasteiger partial charge in [-0.3, -0.25) is 4.79 Å². The summed E-state index contributed by atoms with van der Waals surface area (Å²) >= 11 is 0. The number of aromatic nitrogens is 2. The van der Waals surface area contributed by atoms with E-state index in [0.29, 0.717) is 13.0 Å². The summed E-state index contributed by atoms with van der Waals surface area (Å²) in [6.07, 6.45) is 1.49. The second-order valence-corrected chi connectivity index (χ2v) is 10.4. The van der Waals surface area contributed by atoms with Crippen LogP contribution in [-0.2, 0) is 23.2 Å². The van der Waals surface area contributed by atoms with E-state index in [9.17, 15) is 4.79 Å². The highest BCUT2D eigenvalue weighted by Gasteiger charge is 2.34. The molecule has 0 radical (unpaired) electrons. The number of carbonyl (C=O) groups excluding carboxylic acids is 1. The van der Waals surface area contributed by atoms with Crippen molar-refractivity contribution in [2.45, 2.75) is 58.4 Å². The van der Waals surface area contributed by atoms with Crippen molar-refractivity contribution in [3.05, 3.63) is 95.3 Å². The van der Waals surface area contributed by atoms with Gasteiger partial charge in [0.15, 0.2) is 0 Å². The van der Waals surface area contributed by atoms with E-state index in [1.54, 1.807) is 0 Å². The van der Waals surface area contributed by atoms with Crippen molar-refractivity contribution in [3.63, 3.8) is 0 Å². The van der Waals surface area contributed by atoms with Crippen LogP contribution < -0.4 is 4.90 Å². The molecule has 1 aliphatic rings. The second kappa shape index (κ2) is 8.75. The Morgan fingerprint density at radius 3 is 2.26 bits per heavy atom. The number of hydrogen-bond donors (Lipinski definition) is 0. The lowest BCUT2D eigenvalue weighted by Crippen LogP contribution is -2.24. The molecule has 1 aliphatic heterocycles. The Labute approximate surface area is 202 Å². The molecule has 0 bridgehead atoms. The maximum absolute atomic E-state index is 13.0. The van der Waals surface area contributed by atoms with Gasteiger partial charge in [-0.15, -0.1) is 0 Å². The highest BCUT2D eigenvalue weighted by Crippen LogP contribution is 2.34. The molecule has 1 amide bonds. The second-order valence-electron chi connectivity index (χ2n) is 10.4. The van der Waals surface area contributed by atoms with Crippen molar-refractivity contribution >= 4 is 22.6 Å². The number of aryl methyl sites for hydroxylation is 1. The van der Waals surface area contributed by atoms with Gasteiger partial charge in [-0.1, -0.05) is 76.2 Å². The van der Waals surface area contributed by atoms with E-state index in [4.69, 9.17) is 4.98 Å². The molecule has 1 unspecified atom stereocenters. The van der Waals surface area contributed by atoms with E-state index >= 15 is 0 Å². The molecule has 34 heavy (non-hydrogen) atoms. The zero-order valence-electron chi connectivity index (χ0n) is 20.6. The van der Waals surface area contributed by atoms with Crippen LogP contribution in [0.25, 0.3) is 11.0 Å². The zero-order valence-corrected chi connectivity index (χ0v) is 20.6. The first-order chi connectivity index (χ1) is 16.3. The van der Waals surface area contributed by atoms with Crippen LogP contribution in [0.3, 0.4) is 0 Å². The molecular formula is C30H33N3O. The van der Waals surface area contributed by atoms with Crippen LogP contribution in [0.5, 0.6) is 0 Å². The maximum atomic E-state index is 13.0. The van der Waals surface area contributed by atoms with Gasteiger partial charge >= 0.3 is 0 Å². The largest absolute Gasteiger partial charge is 0.323 e. The first-order valence-corrected chi connectivity index (χ1v) is 12.3. The molecule has 4 aromatic rings. The van der Waals surface area contributed by atoms with Crippen LogP contribution in [0, 0.1) is 0 Å². The van der Waals surface area contributed by atoms with Crippen molar-refractivity contribution in [1.29, 1.82) is 0 Å². The Balaban J connectivity index is 1.47. The molecule has 3 aromatic carbocycles. The number of imidazole rings is 1. The van der Waals surface area contributed by atoms with Crippen LogP contribution in [0.4, 0.5) is 5.69 Å². The summed E-state index contributed by atoms with van der Waals surface area (Å²) in [5.74, 6) is 1.24. The Hall–Kier alpha value is -3.40. The van der Waals surface area contributed by atoms with Gasteiger partial charge in [0.05, 0.1) is 11.0 Å².